The Morgan fingerprint density at radius 1 is 1.56 bits per heavy atom. The summed E-state index contributed by atoms with van der Waals surface area (Å²) >= 11 is 0. The maximum atomic E-state index is 13.1. The second kappa shape index (κ2) is 5.93. The van der Waals surface area contributed by atoms with Crippen molar-refractivity contribution in [1.29, 1.82) is 0 Å². The van der Waals surface area contributed by atoms with Gasteiger partial charge in [0.15, 0.2) is 0 Å². The first kappa shape index (κ1) is 13.0. The Kier molecular flexibility index (Phi) is 4.28. The highest BCUT2D eigenvalue weighted by Crippen LogP contribution is 2.10. The molecule has 0 radical (unpaired) electrons. The van der Waals surface area contributed by atoms with E-state index in [-0.39, 0.29) is 12.0 Å². The minimum absolute atomic E-state index is 0.134. The van der Waals surface area contributed by atoms with Gasteiger partial charge in [0.05, 0.1) is 19.3 Å². The van der Waals surface area contributed by atoms with Gasteiger partial charge < -0.3 is 14.4 Å². The molecule has 1 heterocycles. The van der Waals surface area contributed by atoms with Crippen LogP contribution in [0.5, 0.6) is 0 Å². The zero-order valence-electron chi connectivity index (χ0n) is 10.3. The third-order valence-corrected chi connectivity index (χ3v) is 2.93. The van der Waals surface area contributed by atoms with Crippen molar-refractivity contribution in [1.82, 2.24) is 4.90 Å². The first-order chi connectivity index (χ1) is 8.70. The molecule has 0 bridgehead atoms. The van der Waals surface area contributed by atoms with E-state index in [0.717, 1.165) is 0 Å². The number of halogens is 1. The lowest BCUT2D eigenvalue weighted by molar-refractivity contribution is 0.0225. The summed E-state index contributed by atoms with van der Waals surface area (Å²) in [7, 11) is 1.59. The van der Waals surface area contributed by atoms with Crippen LogP contribution in [0.15, 0.2) is 24.3 Å². The largest absolute Gasteiger partial charge is 0.377 e. The summed E-state index contributed by atoms with van der Waals surface area (Å²) in [5.41, 5.74) is 0.353. The summed E-state index contributed by atoms with van der Waals surface area (Å²) in [4.78, 5) is 13.8. The Balaban J connectivity index is 2.12. The van der Waals surface area contributed by atoms with E-state index in [2.05, 4.69) is 0 Å². The third kappa shape index (κ3) is 3.05. The topological polar surface area (TPSA) is 38.8 Å². The molecule has 2 rings (SSSR count). The van der Waals surface area contributed by atoms with Crippen LogP contribution in [-0.4, -0.2) is 50.3 Å². The van der Waals surface area contributed by atoms with Crippen molar-refractivity contribution in [2.75, 3.05) is 33.4 Å². The standard InChI is InChI=1S/C13H16FNO3/c1-17-12-8-15(5-6-18-9-12)13(16)10-3-2-4-11(14)7-10/h2-4,7,12H,5-6,8-9H2,1H3/t12-/m1/s1. The number of carbonyl (C=O) groups excluding carboxylic acids is 1. The van der Waals surface area contributed by atoms with Gasteiger partial charge in [-0.15, -0.1) is 0 Å². The molecule has 0 saturated carbocycles. The van der Waals surface area contributed by atoms with Crippen molar-refractivity contribution in [3.63, 3.8) is 0 Å². The molecule has 0 unspecified atom stereocenters. The van der Waals surface area contributed by atoms with Crippen LogP contribution in [0.25, 0.3) is 0 Å². The average molecular weight is 253 g/mol. The van der Waals surface area contributed by atoms with Gasteiger partial charge in [0.1, 0.15) is 5.82 Å². The van der Waals surface area contributed by atoms with E-state index in [1.807, 2.05) is 0 Å². The van der Waals surface area contributed by atoms with E-state index in [0.29, 0.717) is 31.9 Å². The van der Waals surface area contributed by atoms with Crippen molar-refractivity contribution in [2.24, 2.45) is 0 Å². The van der Waals surface area contributed by atoms with Gasteiger partial charge in [-0.2, -0.15) is 0 Å². The Bertz CT molecular complexity index is 424. The van der Waals surface area contributed by atoms with Gasteiger partial charge in [-0.25, -0.2) is 4.39 Å². The molecule has 1 atom stereocenters. The van der Waals surface area contributed by atoms with Crippen molar-refractivity contribution in [3.05, 3.63) is 35.6 Å². The highest BCUT2D eigenvalue weighted by atomic mass is 19.1. The molecule has 5 heteroatoms. The minimum atomic E-state index is -0.407. The molecule has 1 amide bonds. The highest BCUT2D eigenvalue weighted by Gasteiger charge is 2.23. The van der Waals surface area contributed by atoms with E-state index in [1.54, 1.807) is 18.1 Å². The Hall–Kier alpha value is -1.46. The van der Waals surface area contributed by atoms with Crippen LogP contribution in [0.1, 0.15) is 10.4 Å². The lowest BCUT2D eigenvalue weighted by Crippen LogP contribution is -2.38. The predicted molar refractivity (Wildman–Crippen MR) is 63.9 cm³/mol. The zero-order valence-corrected chi connectivity index (χ0v) is 10.3. The lowest BCUT2D eigenvalue weighted by Gasteiger charge is -2.22. The number of hydrogen-bond acceptors (Lipinski definition) is 3. The Labute approximate surface area is 105 Å². The minimum Gasteiger partial charge on any atom is -0.377 e. The number of benzene rings is 1. The molecule has 1 aliphatic heterocycles. The third-order valence-electron chi connectivity index (χ3n) is 2.93. The molecule has 0 aromatic heterocycles. The quantitative estimate of drug-likeness (QED) is 0.797. The van der Waals surface area contributed by atoms with Crippen LogP contribution < -0.4 is 0 Å². The number of carbonyl (C=O) groups is 1. The van der Waals surface area contributed by atoms with Crippen LogP contribution >= 0.6 is 0 Å². The van der Waals surface area contributed by atoms with E-state index in [1.165, 1.54) is 18.2 Å². The van der Waals surface area contributed by atoms with Gasteiger partial charge in [0.25, 0.3) is 5.91 Å². The van der Waals surface area contributed by atoms with Gasteiger partial charge in [0, 0.05) is 25.8 Å². The van der Waals surface area contributed by atoms with E-state index in [9.17, 15) is 9.18 Å². The maximum Gasteiger partial charge on any atom is 0.254 e. The molecule has 0 aliphatic carbocycles. The molecule has 0 spiro atoms. The normalized spacial score (nSPS) is 20.6. The number of amides is 1. The molecule has 0 N–H and O–H groups in total. The number of nitrogens with zero attached hydrogens (tertiary/aromatic N) is 1. The molecule has 1 fully saturated rings. The first-order valence-electron chi connectivity index (χ1n) is 5.86. The van der Waals surface area contributed by atoms with E-state index < -0.39 is 5.82 Å². The SMILES string of the molecule is CO[C@H]1COCCN(C(=O)c2cccc(F)c2)C1. The molecule has 1 aromatic carbocycles. The molecular weight excluding hydrogens is 237 g/mol. The van der Waals surface area contributed by atoms with Crippen LogP contribution in [0.2, 0.25) is 0 Å². The summed E-state index contributed by atoms with van der Waals surface area (Å²) in [6.45, 7) is 1.91. The van der Waals surface area contributed by atoms with Crippen molar-refractivity contribution in [3.8, 4) is 0 Å². The summed E-state index contributed by atoms with van der Waals surface area (Å²) in [6.07, 6.45) is -0.134. The second-order valence-corrected chi connectivity index (χ2v) is 4.19. The fraction of sp³-hybridized carbons (Fsp3) is 0.462. The van der Waals surface area contributed by atoms with Gasteiger partial charge in [-0.1, -0.05) is 6.07 Å². The first-order valence-corrected chi connectivity index (χ1v) is 5.86. The van der Waals surface area contributed by atoms with Gasteiger partial charge >= 0.3 is 0 Å². The van der Waals surface area contributed by atoms with Crippen molar-refractivity contribution >= 4 is 5.91 Å². The van der Waals surface area contributed by atoms with Crippen LogP contribution in [0.3, 0.4) is 0 Å². The molecule has 4 nitrogen and oxygen atoms in total. The van der Waals surface area contributed by atoms with Gasteiger partial charge in [-0.3, -0.25) is 4.79 Å². The van der Waals surface area contributed by atoms with Crippen LogP contribution in [0.4, 0.5) is 4.39 Å². The monoisotopic (exact) mass is 253 g/mol. The molecule has 1 aromatic rings. The zero-order chi connectivity index (χ0) is 13.0. The van der Waals surface area contributed by atoms with E-state index in [4.69, 9.17) is 9.47 Å². The summed E-state index contributed by atoms with van der Waals surface area (Å²) in [6, 6.07) is 5.71. The van der Waals surface area contributed by atoms with Crippen molar-refractivity contribution < 1.29 is 18.7 Å². The second-order valence-electron chi connectivity index (χ2n) is 4.19. The van der Waals surface area contributed by atoms with Crippen molar-refractivity contribution in [2.45, 2.75) is 6.10 Å². The number of rotatable bonds is 2. The molecule has 18 heavy (non-hydrogen) atoms. The fourth-order valence-electron chi connectivity index (χ4n) is 1.91. The summed E-state index contributed by atoms with van der Waals surface area (Å²) in [5.74, 6) is -0.600. The fourth-order valence-corrected chi connectivity index (χ4v) is 1.91. The number of ether oxygens (including phenoxy) is 2. The van der Waals surface area contributed by atoms with E-state index >= 15 is 0 Å². The van der Waals surface area contributed by atoms with Crippen LogP contribution in [0, 0.1) is 5.82 Å². The number of methoxy groups -OCH3 is 1. The smallest absolute Gasteiger partial charge is 0.254 e. The number of hydrogen-bond donors (Lipinski definition) is 0. The Morgan fingerprint density at radius 2 is 2.39 bits per heavy atom. The maximum absolute atomic E-state index is 13.1. The lowest BCUT2D eigenvalue weighted by atomic mass is 10.2. The molecule has 98 valence electrons. The Morgan fingerprint density at radius 3 is 3.11 bits per heavy atom. The molecular formula is C13H16FNO3. The highest BCUT2D eigenvalue weighted by molar-refractivity contribution is 5.94. The summed E-state index contributed by atoms with van der Waals surface area (Å²) < 4.78 is 23.7. The molecule has 1 aliphatic rings. The summed E-state index contributed by atoms with van der Waals surface area (Å²) in [5, 5.41) is 0. The average Bonchev–Trinajstić information content (AvgIpc) is 2.63. The molecule has 1 saturated heterocycles. The predicted octanol–water partition coefficient (Wildman–Crippen LogP) is 1.31. The van der Waals surface area contributed by atoms with Gasteiger partial charge in [-0.05, 0) is 18.2 Å². The van der Waals surface area contributed by atoms with Gasteiger partial charge in [0.2, 0.25) is 0 Å². The van der Waals surface area contributed by atoms with Crippen LogP contribution in [-0.2, 0) is 9.47 Å².